The summed E-state index contributed by atoms with van der Waals surface area (Å²) in [7, 11) is 3.84. The summed E-state index contributed by atoms with van der Waals surface area (Å²) in [5.41, 5.74) is 1.33. The lowest BCUT2D eigenvalue weighted by Gasteiger charge is -2.17. The van der Waals surface area contributed by atoms with Crippen molar-refractivity contribution in [2.24, 2.45) is 0 Å². The number of hydrogen-bond donors (Lipinski definition) is 0. The number of carbonyl (C=O) groups excluding carboxylic acids is 1. The third-order valence-electron chi connectivity index (χ3n) is 4.79. The van der Waals surface area contributed by atoms with Gasteiger partial charge in [0.05, 0.1) is 18.9 Å². The largest absolute Gasteiger partial charge is 0.471 e. The highest BCUT2D eigenvalue weighted by Gasteiger charge is 2.27. The number of nitrogens with zero attached hydrogens (tertiary/aromatic N) is 4. The summed E-state index contributed by atoms with van der Waals surface area (Å²) in [5.74, 6) is 1.50. The van der Waals surface area contributed by atoms with E-state index in [1.165, 1.54) is 5.56 Å². The molecule has 144 valence electrons. The molecule has 0 spiro atoms. The number of amides is 1. The average molecular weight is 368 g/mol. The molecule has 1 aliphatic heterocycles. The van der Waals surface area contributed by atoms with Crippen LogP contribution in [-0.2, 0) is 11.2 Å². The molecule has 1 amide bonds. The van der Waals surface area contributed by atoms with Gasteiger partial charge in [0.25, 0.3) is 0 Å². The Morgan fingerprint density at radius 2 is 2.04 bits per heavy atom. The van der Waals surface area contributed by atoms with E-state index in [4.69, 9.17) is 4.74 Å². The molecular formula is C21H28N4O2. The van der Waals surface area contributed by atoms with Crippen LogP contribution in [0.3, 0.4) is 0 Å². The maximum atomic E-state index is 12.4. The molecule has 1 fully saturated rings. The molecule has 0 N–H and O–H groups in total. The fraction of sp³-hybridized carbons (Fsp3) is 0.476. The Balaban J connectivity index is 1.39. The summed E-state index contributed by atoms with van der Waals surface area (Å²) in [5, 5.41) is 0. The molecular weight excluding hydrogens is 340 g/mol. The predicted molar refractivity (Wildman–Crippen MR) is 106 cm³/mol. The van der Waals surface area contributed by atoms with Crippen molar-refractivity contribution in [3.63, 3.8) is 0 Å². The number of carbonyl (C=O) groups is 1. The van der Waals surface area contributed by atoms with Crippen LogP contribution in [0.1, 0.15) is 31.2 Å². The lowest BCUT2D eigenvalue weighted by atomic mass is 10.1. The molecule has 2 aromatic rings. The fourth-order valence-corrected chi connectivity index (χ4v) is 3.24. The normalized spacial score (nSPS) is 16.4. The molecule has 2 heterocycles. The number of rotatable bonds is 8. The van der Waals surface area contributed by atoms with Crippen LogP contribution >= 0.6 is 0 Å². The van der Waals surface area contributed by atoms with E-state index in [0.29, 0.717) is 18.8 Å². The summed E-state index contributed by atoms with van der Waals surface area (Å²) in [6, 6.07) is 10.4. The van der Waals surface area contributed by atoms with Crippen LogP contribution in [-0.4, -0.2) is 54.1 Å². The Kier molecular flexibility index (Phi) is 6.63. The molecule has 0 saturated carbocycles. The summed E-state index contributed by atoms with van der Waals surface area (Å²) >= 11 is 0. The Labute approximate surface area is 161 Å². The number of hydrogen-bond acceptors (Lipinski definition) is 5. The maximum Gasteiger partial charge on any atom is 0.234 e. The second-order valence-corrected chi connectivity index (χ2v) is 7.17. The lowest BCUT2D eigenvalue weighted by Crippen LogP contribution is -2.30. The molecule has 1 atom stereocenters. The van der Waals surface area contributed by atoms with E-state index in [1.807, 2.05) is 30.0 Å². The van der Waals surface area contributed by atoms with E-state index in [1.54, 1.807) is 12.4 Å². The minimum absolute atomic E-state index is 0.00928. The molecule has 3 rings (SSSR count). The number of benzene rings is 1. The number of anilines is 1. The first-order valence-electron chi connectivity index (χ1n) is 9.59. The van der Waals surface area contributed by atoms with E-state index >= 15 is 0 Å². The van der Waals surface area contributed by atoms with Gasteiger partial charge in [0.1, 0.15) is 6.10 Å². The monoisotopic (exact) mass is 368 g/mol. The van der Waals surface area contributed by atoms with Gasteiger partial charge in [0, 0.05) is 33.5 Å². The van der Waals surface area contributed by atoms with Gasteiger partial charge >= 0.3 is 0 Å². The molecule has 1 saturated heterocycles. The van der Waals surface area contributed by atoms with Crippen molar-refractivity contribution in [3.05, 3.63) is 48.3 Å². The van der Waals surface area contributed by atoms with Crippen LogP contribution in [0.4, 0.5) is 5.82 Å². The molecule has 1 aromatic carbocycles. The van der Waals surface area contributed by atoms with Crippen molar-refractivity contribution in [3.8, 4) is 5.88 Å². The quantitative estimate of drug-likeness (QED) is 0.671. The zero-order valence-corrected chi connectivity index (χ0v) is 16.2. The van der Waals surface area contributed by atoms with Gasteiger partial charge in [-0.25, -0.2) is 0 Å². The Morgan fingerprint density at radius 1 is 1.22 bits per heavy atom. The topological polar surface area (TPSA) is 58.6 Å². The molecule has 6 heteroatoms. The highest BCUT2D eigenvalue weighted by molar-refractivity contribution is 5.76. The molecule has 6 nitrogen and oxygen atoms in total. The van der Waals surface area contributed by atoms with Crippen LogP contribution in [0.5, 0.6) is 5.88 Å². The number of ether oxygens (including phenoxy) is 1. The first-order chi connectivity index (χ1) is 13.1. The number of aryl methyl sites for hydroxylation is 1. The van der Waals surface area contributed by atoms with Gasteiger partial charge in [-0.05, 0) is 24.8 Å². The SMILES string of the molecule is CN(C)c1cncc(OC2CCN(C(=O)CCCCc3ccccc3)C2)n1. The lowest BCUT2D eigenvalue weighted by molar-refractivity contribution is -0.130. The van der Waals surface area contributed by atoms with Crippen LogP contribution in [0.25, 0.3) is 0 Å². The first-order valence-corrected chi connectivity index (χ1v) is 9.59. The summed E-state index contributed by atoms with van der Waals surface area (Å²) in [6.07, 6.45) is 7.75. The molecule has 27 heavy (non-hydrogen) atoms. The van der Waals surface area contributed by atoms with Crippen LogP contribution in [0, 0.1) is 0 Å². The van der Waals surface area contributed by atoms with E-state index in [-0.39, 0.29) is 12.0 Å². The van der Waals surface area contributed by atoms with Gasteiger partial charge in [-0.1, -0.05) is 30.3 Å². The average Bonchev–Trinajstić information content (AvgIpc) is 3.14. The van der Waals surface area contributed by atoms with Crippen molar-refractivity contribution in [1.82, 2.24) is 14.9 Å². The van der Waals surface area contributed by atoms with Crippen molar-refractivity contribution in [2.75, 3.05) is 32.1 Å². The first kappa shape index (κ1) is 19.1. The Bertz CT molecular complexity index is 736. The molecule has 1 aromatic heterocycles. The van der Waals surface area contributed by atoms with Gasteiger partial charge < -0.3 is 14.5 Å². The second kappa shape index (κ2) is 9.35. The Hall–Kier alpha value is -2.63. The number of likely N-dealkylation sites (tertiary alicyclic amines) is 1. The molecule has 0 bridgehead atoms. The highest BCUT2D eigenvalue weighted by atomic mass is 16.5. The summed E-state index contributed by atoms with van der Waals surface area (Å²) in [6.45, 7) is 1.38. The molecule has 0 radical (unpaired) electrons. The fourth-order valence-electron chi connectivity index (χ4n) is 3.24. The smallest absolute Gasteiger partial charge is 0.234 e. The second-order valence-electron chi connectivity index (χ2n) is 7.17. The predicted octanol–water partition coefficient (Wildman–Crippen LogP) is 2.94. The van der Waals surface area contributed by atoms with Crippen molar-refractivity contribution >= 4 is 11.7 Å². The Morgan fingerprint density at radius 3 is 2.81 bits per heavy atom. The highest BCUT2D eigenvalue weighted by Crippen LogP contribution is 2.19. The standard InChI is InChI=1S/C21H28N4O2/c1-24(2)19-14-22-15-20(23-19)27-18-12-13-25(16-18)21(26)11-7-6-10-17-8-4-3-5-9-17/h3-5,8-9,14-15,18H,6-7,10-13,16H2,1-2H3. The van der Waals surface area contributed by atoms with Crippen molar-refractivity contribution < 1.29 is 9.53 Å². The van der Waals surface area contributed by atoms with Gasteiger partial charge in [0.2, 0.25) is 11.8 Å². The third kappa shape index (κ3) is 5.67. The zero-order valence-electron chi connectivity index (χ0n) is 16.2. The van der Waals surface area contributed by atoms with E-state index in [9.17, 15) is 4.79 Å². The maximum absolute atomic E-state index is 12.4. The van der Waals surface area contributed by atoms with Gasteiger partial charge in [0.15, 0.2) is 5.82 Å². The van der Waals surface area contributed by atoms with E-state index in [2.05, 4.69) is 34.2 Å². The van der Waals surface area contributed by atoms with Crippen LogP contribution in [0.15, 0.2) is 42.7 Å². The minimum Gasteiger partial charge on any atom is -0.471 e. The van der Waals surface area contributed by atoms with Crippen LogP contribution in [0.2, 0.25) is 0 Å². The number of unbranched alkanes of at least 4 members (excludes halogenated alkanes) is 1. The molecule has 1 unspecified atom stereocenters. The molecule has 0 aliphatic carbocycles. The van der Waals surface area contributed by atoms with Crippen molar-refractivity contribution in [1.29, 1.82) is 0 Å². The van der Waals surface area contributed by atoms with E-state index in [0.717, 1.165) is 38.0 Å². The van der Waals surface area contributed by atoms with Gasteiger partial charge in [-0.15, -0.1) is 0 Å². The zero-order chi connectivity index (χ0) is 19.1. The van der Waals surface area contributed by atoms with Crippen molar-refractivity contribution in [2.45, 2.75) is 38.2 Å². The third-order valence-corrected chi connectivity index (χ3v) is 4.79. The summed E-state index contributed by atoms with van der Waals surface area (Å²) < 4.78 is 5.94. The minimum atomic E-state index is -0.00928. The summed E-state index contributed by atoms with van der Waals surface area (Å²) in [4.78, 5) is 24.8. The van der Waals surface area contributed by atoms with Gasteiger partial charge in [-0.3, -0.25) is 9.78 Å². The van der Waals surface area contributed by atoms with Gasteiger partial charge in [-0.2, -0.15) is 4.98 Å². The van der Waals surface area contributed by atoms with Crippen LogP contribution < -0.4 is 9.64 Å². The van der Waals surface area contributed by atoms with E-state index < -0.39 is 0 Å². The molecule has 1 aliphatic rings. The number of aromatic nitrogens is 2.